The van der Waals surface area contributed by atoms with Crippen LogP contribution >= 0.6 is 0 Å². The molecule has 13 heavy (non-hydrogen) atoms. The molecule has 0 atom stereocenters. The Balaban J connectivity index is 2.76. The fraction of sp³-hybridized carbons (Fsp3) is 0.200. The smallest absolute Gasteiger partial charge is 0.162 e. The SMILES string of the molecule is CC(=O)c1c[nH]c2nc(C)ccc12. The summed E-state index contributed by atoms with van der Waals surface area (Å²) in [5, 5.41) is 0.901. The molecule has 0 aliphatic heterocycles. The van der Waals surface area contributed by atoms with E-state index < -0.39 is 0 Å². The maximum atomic E-state index is 11.2. The Kier molecular flexibility index (Phi) is 1.65. The number of rotatable bonds is 1. The highest BCUT2D eigenvalue weighted by atomic mass is 16.1. The fourth-order valence-electron chi connectivity index (χ4n) is 1.39. The van der Waals surface area contributed by atoms with Crippen LogP contribution in [0.15, 0.2) is 18.3 Å². The molecule has 0 radical (unpaired) electrons. The first-order valence-electron chi connectivity index (χ1n) is 4.14. The lowest BCUT2D eigenvalue weighted by Crippen LogP contribution is -1.89. The number of Topliss-reactive ketones (excluding diaryl/α,β-unsaturated/α-hetero) is 1. The Hall–Kier alpha value is -1.64. The van der Waals surface area contributed by atoms with Crippen molar-refractivity contribution in [3.63, 3.8) is 0 Å². The van der Waals surface area contributed by atoms with E-state index in [1.165, 1.54) is 0 Å². The number of H-pyrrole nitrogens is 1. The normalized spacial score (nSPS) is 10.6. The lowest BCUT2D eigenvalue weighted by Gasteiger charge is -1.93. The molecule has 66 valence electrons. The number of hydrogen-bond donors (Lipinski definition) is 1. The van der Waals surface area contributed by atoms with Gasteiger partial charge in [0.05, 0.1) is 0 Å². The van der Waals surface area contributed by atoms with Crippen LogP contribution in [0, 0.1) is 6.92 Å². The summed E-state index contributed by atoms with van der Waals surface area (Å²) in [6, 6.07) is 3.83. The van der Waals surface area contributed by atoms with Gasteiger partial charge < -0.3 is 4.98 Å². The molecule has 0 saturated carbocycles. The van der Waals surface area contributed by atoms with E-state index in [0.29, 0.717) is 5.56 Å². The van der Waals surface area contributed by atoms with Crippen molar-refractivity contribution >= 4 is 16.8 Å². The van der Waals surface area contributed by atoms with Crippen LogP contribution in [0.25, 0.3) is 11.0 Å². The van der Waals surface area contributed by atoms with E-state index in [2.05, 4.69) is 9.97 Å². The summed E-state index contributed by atoms with van der Waals surface area (Å²) in [6.07, 6.45) is 1.71. The molecule has 2 aromatic rings. The summed E-state index contributed by atoms with van der Waals surface area (Å²) in [5.41, 5.74) is 2.44. The highest BCUT2D eigenvalue weighted by molar-refractivity contribution is 6.05. The van der Waals surface area contributed by atoms with Crippen molar-refractivity contribution < 1.29 is 4.79 Å². The predicted molar refractivity (Wildman–Crippen MR) is 50.8 cm³/mol. The first-order valence-corrected chi connectivity index (χ1v) is 4.14. The van der Waals surface area contributed by atoms with Gasteiger partial charge in [-0.1, -0.05) is 0 Å². The van der Waals surface area contributed by atoms with Gasteiger partial charge in [0.1, 0.15) is 5.65 Å². The Morgan fingerprint density at radius 3 is 2.92 bits per heavy atom. The second-order valence-corrected chi connectivity index (χ2v) is 3.11. The molecule has 0 aromatic carbocycles. The van der Waals surface area contributed by atoms with Crippen molar-refractivity contribution in [3.05, 3.63) is 29.6 Å². The van der Waals surface area contributed by atoms with Crippen molar-refractivity contribution in [2.75, 3.05) is 0 Å². The number of pyridine rings is 1. The molecule has 0 amide bonds. The fourth-order valence-corrected chi connectivity index (χ4v) is 1.39. The van der Waals surface area contributed by atoms with Gasteiger partial charge in [0.15, 0.2) is 5.78 Å². The molecule has 0 aliphatic rings. The highest BCUT2D eigenvalue weighted by Crippen LogP contribution is 2.16. The number of hydrogen-bond acceptors (Lipinski definition) is 2. The molecule has 3 heteroatoms. The van der Waals surface area contributed by atoms with Crippen LogP contribution in [0.4, 0.5) is 0 Å². The number of aromatic nitrogens is 2. The Morgan fingerprint density at radius 2 is 2.23 bits per heavy atom. The van der Waals surface area contributed by atoms with Crippen molar-refractivity contribution in [2.24, 2.45) is 0 Å². The monoisotopic (exact) mass is 174 g/mol. The lowest BCUT2D eigenvalue weighted by molar-refractivity contribution is 0.101. The van der Waals surface area contributed by atoms with Crippen LogP contribution in [-0.2, 0) is 0 Å². The summed E-state index contributed by atoms with van der Waals surface area (Å²) >= 11 is 0. The third kappa shape index (κ3) is 1.22. The zero-order valence-corrected chi connectivity index (χ0v) is 7.59. The average molecular weight is 174 g/mol. The van der Waals surface area contributed by atoms with Crippen LogP contribution in [-0.4, -0.2) is 15.8 Å². The molecule has 0 saturated heterocycles. The van der Waals surface area contributed by atoms with Crippen molar-refractivity contribution in [3.8, 4) is 0 Å². The molecule has 0 unspecified atom stereocenters. The van der Waals surface area contributed by atoms with E-state index in [9.17, 15) is 4.79 Å². The molecule has 2 heterocycles. The van der Waals surface area contributed by atoms with Gasteiger partial charge in [-0.05, 0) is 26.0 Å². The first kappa shape index (κ1) is 7.98. The zero-order chi connectivity index (χ0) is 9.42. The summed E-state index contributed by atoms with van der Waals surface area (Å²) in [7, 11) is 0. The van der Waals surface area contributed by atoms with Crippen molar-refractivity contribution in [1.82, 2.24) is 9.97 Å². The Labute approximate surface area is 75.8 Å². The lowest BCUT2D eigenvalue weighted by atomic mass is 10.1. The zero-order valence-electron chi connectivity index (χ0n) is 7.59. The van der Waals surface area contributed by atoms with Gasteiger partial charge in [0, 0.05) is 22.8 Å². The van der Waals surface area contributed by atoms with E-state index in [1.807, 2.05) is 19.1 Å². The van der Waals surface area contributed by atoms with E-state index in [0.717, 1.165) is 16.7 Å². The van der Waals surface area contributed by atoms with E-state index in [4.69, 9.17) is 0 Å². The predicted octanol–water partition coefficient (Wildman–Crippen LogP) is 2.07. The number of nitrogens with zero attached hydrogens (tertiary/aromatic N) is 1. The molecule has 0 spiro atoms. The van der Waals surface area contributed by atoms with Gasteiger partial charge in [-0.15, -0.1) is 0 Å². The Morgan fingerprint density at radius 1 is 1.46 bits per heavy atom. The third-order valence-electron chi connectivity index (χ3n) is 2.06. The number of fused-ring (bicyclic) bond motifs is 1. The van der Waals surface area contributed by atoms with E-state index >= 15 is 0 Å². The summed E-state index contributed by atoms with van der Waals surface area (Å²) in [6.45, 7) is 3.48. The van der Waals surface area contributed by atoms with Gasteiger partial charge in [-0.2, -0.15) is 0 Å². The van der Waals surface area contributed by atoms with Crippen LogP contribution in [0.2, 0.25) is 0 Å². The second-order valence-electron chi connectivity index (χ2n) is 3.11. The minimum Gasteiger partial charge on any atom is -0.345 e. The highest BCUT2D eigenvalue weighted by Gasteiger charge is 2.07. The summed E-state index contributed by atoms with van der Waals surface area (Å²) in [5.74, 6) is 0.0666. The maximum Gasteiger partial charge on any atom is 0.162 e. The summed E-state index contributed by atoms with van der Waals surface area (Å²) < 4.78 is 0. The molecule has 3 nitrogen and oxygen atoms in total. The third-order valence-corrected chi connectivity index (χ3v) is 2.06. The minimum atomic E-state index is 0.0666. The number of carbonyl (C=O) groups is 1. The van der Waals surface area contributed by atoms with Gasteiger partial charge in [-0.3, -0.25) is 4.79 Å². The maximum absolute atomic E-state index is 11.2. The standard InChI is InChI=1S/C10H10N2O/c1-6-3-4-8-9(7(2)13)5-11-10(8)12-6/h3-5H,1-2H3,(H,11,12). The average Bonchev–Trinajstić information content (AvgIpc) is 2.46. The van der Waals surface area contributed by atoms with Crippen LogP contribution in [0.5, 0.6) is 0 Å². The quantitative estimate of drug-likeness (QED) is 0.673. The molecule has 0 aliphatic carbocycles. The van der Waals surface area contributed by atoms with Crippen LogP contribution in [0.1, 0.15) is 23.0 Å². The molecular formula is C10H10N2O. The molecule has 2 rings (SSSR count). The largest absolute Gasteiger partial charge is 0.345 e. The van der Waals surface area contributed by atoms with Gasteiger partial charge in [0.25, 0.3) is 0 Å². The van der Waals surface area contributed by atoms with E-state index in [1.54, 1.807) is 13.1 Å². The molecule has 2 aromatic heterocycles. The number of nitrogens with one attached hydrogen (secondary N) is 1. The van der Waals surface area contributed by atoms with Crippen LogP contribution in [0.3, 0.4) is 0 Å². The summed E-state index contributed by atoms with van der Waals surface area (Å²) in [4.78, 5) is 18.4. The van der Waals surface area contributed by atoms with Crippen LogP contribution < -0.4 is 0 Å². The van der Waals surface area contributed by atoms with Gasteiger partial charge in [0.2, 0.25) is 0 Å². The van der Waals surface area contributed by atoms with Gasteiger partial charge in [-0.25, -0.2) is 4.98 Å². The van der Waals surface area contributed by atoms with Crippen molar-refractivity contribution in [1.29, 1.82) is 0 Å². The molecule has 1 N–H and O–H groups in total. The van der Waals surface area contributed by atoms with Gasteiger partial charge >= 0.3 is 0 Å². The second kappa shape index (κ2) is 2.69. The number of aryl methyl sites for hydroxylation is 1. The van der Waals surface area contributed by atoms with Crippen molar-refractivity contribution in [2.45, 2.75) is 13.8 Å². The molecule has 0 bridgehead atoms. The number of aromatic amines is 1. The first-order chi connectivity index (χ1) is 6.18. The number of ketones is 1. The number of carbonyl (C=O) groups excluding carboxylic acids is 1. The topological polar surface area (TPSA) is 45.8 Å². The molecular weight excluding hydrogens is 164 g/mol. The molecule has 0 fully saturated rings. The van der Waals surface area contributed by atoms with E-state index in [-0.39, 0.29) is 5.78 Å². The minimum absolute atomic E-state index is 0.0666. The Bertz CT molecular complexity index is 471.